The monoisotopic (exact) mass is 464 g/mol. The quantitative estimate of drug-likeness (QED) is 0.428. The highest BCUT2D eigenvalue weighted by atomic mass is 16.5. The van der Waals surface area contributed by atoms with Gasteiger partial charge in [-0.25, -0.2) is 0 Å². The third-order valence-electron chi connectivity index (χ3n) is 6.12. The molecule has 0 saturated heterocycles. The van der Waals surface area contributed by atoms with Gasteiger partial charge in [0.25, 0.3) is 0 Å². The van der Waals surface area contributed by atoms with Gasteiger partial charge in [-0.15, -0.1) is 0 Å². The van der Waals surface area contributed by atoms with Crippen LogP contribution in [-0.2, 0) is 53.9 Å². The second kappa shape index (κ2) is 10.5. The van der Waals surface area contributed by atoms with Crippen LogP contribution >= 0.6 is 0 Å². The Morgan fingerprint density at radius 2 is 0.941 bits per heavy atom. The summed E-state index contributed by atoms with van der Waals surface area (Å²) >= 11 is 0. The van der Waals surface area contributed by atoms with Gasteiger partial charge in [0, 0.05) is 33.4 Å². The number of phenolic OH excluding ortho intramolecular Hbond substituents is 3. The van der Waals surface area contributed by atoms with Crippen LogP contribution in [0.3, 0.4) is 0 Å². The summed E-state index contributed by atoms with van der Waals surface area (Å²) in [7, 11) is 0. The SMILES string of the molecule is Cc1cc2c(O)c(c1)COCc1cc(C(C)C)cc(c1O)COCc1cccc(c1O)COC2. The minimum atomic E-state index is 0.131. The van der Waals surface area contributed by atoms with E-state index in [9.17, 15) is 15.3 Å². The number of fused-ring (bicyclic) bond motifs is 6. The summed E-state index contributed by atoms with van der Waals surface area (Å²) < 4.78 is 17.6. The van der Waals surface area contributed by atoms with Crippen molar-refractivity contribution in [3.63, 3.8) is 0 Å². The number of hydrogen-bond acceptors (Lipinski definition) is 6. The topological polar surface area (TPSA) is 88.4 Å². The average Bonchev–Trinajstić information content (AvgIpc) is 2.80. The molecule has 3 aromatic rings. The first-order valence-electron chi connectivity index (χ1n) is 11.5. The number of aromatic hydroxyl groups is 3. The van der Waals surface area contributed by atoms with Crippen molar-refractivity contribution in [3.05, 3.63) is 87.0 Å². The summed E-state index contributed by atoms with van der Waals surface area (Å²) in [5, 5.41) is 32.4. The highest BCUT2D eigenvalue weighted by molar-refractivity contribution is 5.45. The molecular formula is C28H32O6. The molecule has 6 nitrogen and oxygen atoms in total. The molecule has 180 valence electrons. The van der Waals surface area contributed by atoms with Gasteiger partial charge in [-0.2, -0.15) is 0 Å². The van der Waals surface area contributed by atoms with Crippen LogP contribution in [0.4, 0.5) is 0 Å². The van der Waals surface area contributed by atoms with E-state index in [1.54, 1.807) is 12.1 Å². The van der Waals surface area contributed by atoms with E-state index >= 15 is 0 Å². The minimum Gasteiger partial charge on any atom is -0.507 e. The Bertz CT molecular complexity index is 1170. The van der Waals surface area contributed by atoms with Crippen molar-refractivity contribution in [1.82, 2.24) is 0 Å². The molecule has 1 aliphatic rings. The number of ether oxygens (including phenoxy) is 3. The van der Waals surface area contributed by atoms with Gasteiger partial charge in [0.1, 0.15) is 17.2 Å². The summed E-state index contributed by atoms with van der Waals surface area (Å²) in [5.41, 5.74) is 6.01. The summed E-state index contributed by atoms with van der Waals surface area (Å²) in [5.74, 6) is 0.678. The molecule has 3 N–H and O–H groups in total. The van der Waals surface area contributed by atoms with Crippen LogP contribution in [0.5, 0.6) is 17.2 Å². The molecule has 34 heavy (non-hydrogen) atoms. The van der Waals surface area contributed by atoms with Crippen molar-refractivity contribution < 1.29 is 29.5 Å². The van der Waals surface area contributed by atoms with Gasteiger partial charge in [0.2, 0.25) is 0 Å². The maximum absolute atomic E-state index is 10.9. The summed E-state index contributed by atoms with van der Waals surface area (Å²) in [4.78, 5) is 0. The van der Waals surface area contributed by atoms with Crippen molar-refractivity contribution in [1.29, 1.82) is 0 Å². The second-order valence-corrected chi connectivity index (χ2v) is 9.18. The Balaban J connectivity index is 1.71. The zero-order chi connectivity index (χ0) is 24.2. The first-order valence-corrected chi connectivity index (χ1v) is 11.5. The first-order chi connectivity index (χ1) is 16.3. The Labute approximate surface area is 200 Å². The maximum atomic E-state index is 10.9. The van der Waals surface area contributed by atoms with Crippen molar-refractivity contribution in [2.45, 2.75) is 66.3 Å². The molecule has 0 unspecified atom stereocenters. The van der Waals surface area contributed by atoms with Crippen LogP contribution in [0, 0.1) is 6.92 Å². The van der Waals surface area contributed by atoms with Crippen LogP contribution in [0.15, 0.2) is 42.5 Å². The van der Waals surface area contributed by atoms with Gasteiger partial charge in [-0.3, -0.25) is 0 Å². The van der Waals surface area contributed by atoms with Crippen LogP contribution < -0.4 is 0 Å². The average molecular weight is 465 g/mol. The van der Waals surface area contributed by atoms with Crippen molar-refractivity contribution in [3.8, 4) is 17.2 Å². The summed E-state index contributed by atoms with van der Waals surface area (Å²) in [6, 6.07) is 13.1. The lowest BCUT2D eigenvalue weighted by Gasteiger charge is -2.17. The lowest BCUT2D eigenvalue weighted by Crippen LogP contribution is -2.04. The number of hydrogen-bond donors (Lipinski definition) is 3. The number of aryl methyl sites for hydroxylation is 1. The molecule has 0 aliphatic carbocycles. The summed E-state index contributed by atoms with van der Waals surface area (Å²) in [6.45, 7) is 7.32. The maximum Gasteiger partial charge on any atom is 0.126 e. The minimum absolute atomic E-state index is 0.131. The molecule has 1 heterocycles. The van der Waals surface area contributed by atoms with E-state index in [0.29, 0.717) is 33.4 Å². The van der Waals surface area contributed by atoms with E-state index in [1.165, 1.54) is 0 Å². The number of rotatable bonds is 1. The highest BCUT2D eigenvalue weighted by Gasteiger charge is 2.16. The lowest BCUT2D eigenvalue weighted by atomic mass is 9.97. The van der Waals surface area contributed by atoms with Crippen LogP contribution in [-0.4, -0.2) is 15.3 Å². The Kier molecular flexibility index (Phi) is 7.41. The molecule has 0 spiro atoms. The lowest BCUT2D eigenvalue weighted by molar-refractivity contribution is 0.0930. The molecule has 0 saturated carbocycles. The fourth-order valence-electron chi connectivity index (χ4n) is 4.18. The van der Waals surface area contributed by atoms with Crippen molar-refractivity contribution in [2.24, 2.45) is 0 Å². The van der Waals surface area contributed by atoms with Gasteiger partial charge in [-0.05, 0) is 30.5 Å². The fourth-order valence-corrected chi connectivity index (χ4v) is 4.18. The predicted octanol–water partition coefficient (Wildman–Crippen LogP) is 5.70. The molecule has 6 bridgehead atoms. The van der Waals surface area contributed by atoms with Crippen LogP contribution in [0.1, 0.15) is 64.3 Å². The standard InChI is InChI=1S/C28H32O6/c1-17(2)21-9-24-15-33-12-20-6-4-5-19(26(20)29)11-32-13-22-7-18(3)8-23(27(22)30)14-34-16-25(10-21)28(24)31/h4-10,17,29-31H,11-16H2,1-3H3. The van der Waals surface area contributed by atoms with Gasteiger partial charge in [0.15, 0.2) is 0 Å². The Morgan fingerprint density at radius 3 is 1.35 bits per heavy atom. The Morgan fingerprint density at radius 1 is 0.588 bits per heavy atom. The molecule has 3 aromatic carbocycles. The van der Waals surface area contributed by atoms with E-state index in [2.05, 4.69) is 13.8 Å². The second-order valence-electron chi connectivity index (χ2n) is 9.18. The van der Waals surface area contributed by atoms with Crippen LogP contribution in [0.2, 0.25) is 0 Å². The largest absolute Gasteiger partial charge is 0.507 e. The van der Waals surface area contributed by atoms with Gasteiger partial charge >= 0.3 is 0 Å². The molecule has 0 atom stereocenters. The number of phenols is 3. The normalized spacial score (nSPS) is 15.1. The smallest absolute Gasteiger partial charge is 0.126 e. The number of para-hydroxylation sites is 1. The number of benzene rings is 3. The van der Waals surface area contributed by atoms with E-state index in [0.717, 1.165) is 11.1 Å². The van der Waals surface area contributed by atoms with E-state index in [-0.39, 0.29) is 62.8 Å². The third kappa shape index (κ3) is 5.36. The molecule has 0 radical (unpaired) electrons. The third-order valence-corrected chi connectivity index (χ3v) is 6.12. The molecule has 0 amide bonds. The van der Waals surface area contributed by atoms with Crippen molar-refractivity contribution >= 4 is 0 Å². The molecule has 1 aliphatic heterocycles. The first kappa shape index (κ1) is 24.1. The van der Waals surface area contributed by atoms with Gasteiger partial charge < -0.3 is 29.5 Å². The van der Waals surface area contributed by atoms with E-state index in [1.807, 2.05) is 37.3 Å². The fraction of sp³-hybridized carbons (Fsp3) is 0.357. The van der Waals surface area contributed by atoms with Crippen LogP contribution in [0.25, 0.3) is 0 Å². The van der Waals surface area contributed by atoms with E-state index in [4.69, 9.17) is 14.2 Å². The van der Waals surface area contributed by atoms with Gasteiger partial charge in [-0.1, -0.05) is 49.7 Å². The van der Waals surface area contributed by atoms with E-state index < -0.39 is 0 Å². The molecule has 0 fully saturated rings. The molecule has 4 rings (SSSR count). The molecule has 0 aromatic heterocycles. The Hall–Kier alpha value is -3.06. The van der Waals surface area contributed by atoms with Crippen molar-refractivity contribution in [2.75, 3.05) is 0 Å². The van der Waals surface area contributed by atoms with Gasteiger partial charge in [0.05, 0.1) is 39.6 Å². The zero-order valence-electron chi connectivity index (χ0n) is 19.9. The molecular weight excluding hydrogens is 432 g/mol. The highest BCUT2D eigenvalue weighted by Crippen LogP contribution is 2.32. The molecule has 6 heteroatoms. The summed E-state index contributed by atoms with van der Waals surface area (Å²) in [6.07, 6.45) is 0. The zero-order valence-corrected chi connectivity index (χ0v) is 19.9. The predicted molar refractivity (Wildman–Crippen MR) is 129 cm³/mol.